The van der Waals surface area contributed by atoms with Gasteiger partial charge < -0.3 is 9.47 Å². The Labute approximate surface area is 156 Å². The van der Waals surface area contributed by atoms with Crippen LogP contribution in [0.3, 0.4) is 0 Å². The van der Waals surface area contributed by atoms with Gasteiger partial charge in [-0.25, -0.2) is 19.7 Å². The van der Waals surface area contributed by atoms with Gasteiger partial charge in [-0.15, -0.1) is 0 Å². The Bertz CT molecular complexity index is 1040. The lowest BCUT2D eigenvalue weighted by atomic mass is 10.0. The Hall–Kier alpha value is -3.22. The first-order valence-electron chi connectivity index (χ1n) is 9.11. The Balaban J connectivity index is 1.64. The van der Waals surface area contributed by atoms with Crippen LogP contribution in [0.1, 0.15) is 42.8 Å². The molecule has 1 aliphatic carbocycles. The molecule has 0 saturated heterocycles. The summed E-state index contributed by atoms with van der Waals surface area (Å²) in [6, 6.07) is 8.05. The van der Waals surface area contributed by atoms with Crippen LogP contribution in [0.25, 0.3) is 16.9 Å². The van der Waals surface area contributed by atoms with E-state index in [1.165, 1.54) is 0 Å². The molecule has 1 aliphatic heterocycles. The normalized spacial score (nSPS) is 14.6. The van der Waals surface area contributed by atoms with E-state index in [-0.39, 0.29) is 12.5 Å². The molecule has 0 N–H and O–H groups in total. The molecule has 2 aliphatic rings. The van der Waals surface area contributed by atoms with Gasteiger partial charge in [-0.05, 0) is 25.8 Å². The van der Waals surface area contributed by atoms with Crippen LogP contribution in [0.4, 0.5) is 4.79 Å². The molecule has 0 unspecified atom stereocenters. The lowest BCUT2D eigenvalue weighted by Gasteiger charge is -2.10. The fourth-order valence-corrected chi connectivity index (χ4v) is 3.42. The number of para-hydroxylation sites is 1. The highest BCUT2D eigenvalue weighted by Gasteiger charge is 2.30. The monoisotopic (exact) mass is 362 g/mol. The van der Waals surface area contributed by atoms with Crippen LogP contribution in [0.5, 0.6) is 5.88 Å². The van der Waals surface area contributed by atoms with Crippen molar-refractivity contribution in [2.75, 3.05) is 6.61 Å². The number of ether oxygens (including phenoxy) is 2. The third-order valence-electron chi connectivity index (χ3n) is 4.87. The van der Waals surface area contributed by atoms with Gasteiger partial charge >= 0.3 is 6.16 Å². The van der Waals surface area contributed by atoms with Crippen molar-refractivity contribution in [2.24, 2.45) is 0 Å². The molecule has 1 saturated carbocycles. The summed E-state index contributed by atoms with van der Waals surface area (Å²) in [7, 11) is 0. The molecule has 2 aromatic heterocycles. The van der Waals surface area contributed by atoms with Crippen LogP contribution < -0.4 is 4.74 Å². The zero-order valence-corrected chi connectivity index (χ0v) is 14.9. The van der Waals surface area contributed by atoms with Gasteiger partial charge in [0, 0.05) is 29.7 Å². The van der Waals surface area contributed by atoms with E-state index in [2.05, 4.69) is 16.0 Å². The first-order chi connectivity index (χ1) is 13.2. The molecule has 0 atom stereocenters. The molecule has 136 valence electrons. The molecule has 7 nitrogen and oxygen atoms in total. The molecule has 0 amide bonds. The topological polar surface area (TPSA) is 79.1 Å². The van der Waals surface area contributed by atoms with Gasteiger partial charge in [-0.1, -0.05) is 18.2 Å². The highest BCUT2D eigenvalue weighted by Crippen LogP contribution is 2.41. The number of aromatic nitrogens is 4. The highest BCUT2D eigenvalue weighted by molar-refractivity contribution is 5.75. The van der Waals surface area contributed by atoms with Gasteiger partial charge in [-0.3, -0.25) is 4.57 Å². The Morgan fingerprint density at radius 2 is 2.11 bits per heavy atom. The van der Waals surface area contributed by atoms with Crippen molar-refractivity contribution in [3.8, 4) is 22.8 Å². The Morgan fingerprint density at radius 3 is 2.93 bits per heavy atom. The minimum absolute atomic E-state index is 0.248. The van der Waals surface area contributed by atoms with Gasteiger partial charge in [0.2, 0.25) is 5.88 Å². The molecule has 3 heterocycles. The molecule has 0 radical (unpaired) electrons. The van der Waals surface area contributed by atoms with Crippen molar-refractivity contribution in [1.29, 1.82) is 0 Å². The second-order valence-electron chi connectivity index (χ2n) is 6.72. The van der Waals surface area contributed by atoms with Crippen molar-refractivity contribution in [3.05, 3.63) is 53.9 Å². The summed E-state index contributed by atoms with van der Waals surface area (Å²) in [6.45, 7) is 1.98. The van der Waals surface area contributed by atoms with Gasteiger partial charge in [-0.2, -0.15) is 0 Å². The van der Waals surface area contributed by atoms with Crippen LogP contribution in [0.15, 0.2) is 36.8 Å². The van der Waals surface area contributed by atoms with Gasteiger partial charge in [0.05, 0.1) is 23.7 Å². The van der Waals surface area contributed by atoms with Crippen molar-refractivity contribution >= 4 is 6.16 Å². The van der Waals surface area contributed by atoms with E-state index >= 15 is 0 Å². The molecule has 1 fully saturated rings. The van der Waals surface area contributed by atoms with Crippen LogP contribution in [0, 0.1) is 0 Å². The first kappa shape index (κ1) is 16.0. The lowest BCUT2D eigenvalue weighted by molar-refractivity contribution is 0.102. The zero-order chi connectivity index (χ0) is 18.4. The molecule has 27 heavy (non-hydrogen) atoms. The van der Waals surface area contributed by atoms with E-state index in [4.69, 9.17) is 14.5 Å². The number of fused-ring (bicyclic) bond motifs is 5. The number of hydrogen-bond acceptors (Lipinski definition) is 6. The van der Waals surface area contributed by atoms with E-state index in [1.807, 2.05) is 29.0 Å². The van der Waals surface area contributed by atoms with Gasteiger partial charge in [0.25, 0.3) is 0 Å². The summed E-state index contributed by atoms with van der Waals surface area (Å²) in [5, 5.41) is 0. The maximum Gasteiger partial charge on any atom is 0.515 e. The van der Waals surface area contributed by atoms with Crippen molar-refractivity contribution in [1.82, 2.24) is 19.5 Å². The Kier molecular flexibility index (Phi) is 3.67. The molecular formula is C20H18N4O3. The number of hydrogen-bond donors (Lipinski definition) is 0. The van der Waals surface area contributed by atoms with Crippen molar-refractivity contribution in [2.45, 2.75) is 32.1 Å². The maximum atomic E-state index is 11.8. The highest BCUT2D eigenvalue weighted by atomic mass is 16.7. The quantitative estimate of drug-likeness (QED) is 0.518. The molecule has 3 aromatic rings. The number of rotatable bonds is 3. The van der Waals surface area contributed by atoms with E-state index in [1.54, 1.807) is 13.3 Å². The Morgan fingerprint density at radius 1 is 1.26 bits per heavy atom. The third-order valence-corrected chi connectivity index (χ3v) is 4.87. The van der Waals surface area contributed by atoms with E-state index in [0.29, 0.717) is 12.3 Å². The number of benzene rings is 1. The molecule has 0 bridgehead atoms. The largest absolute Gasteiger partial charge is 0.515 e. The van der Waals surface area contributed by atoms with E-state index in [0.717, 1.165) is 46.9 Å². The van der Waals surface area contributed by atoms with Crippen LogP contribution in [-0.4, -0.2) is 32.3 Å². The lowest BCUT2D eigenvalue weighted by Crippen LogP contribution is -2.12. The summed E-state index contributed by atoms with van der Waals surface area (Å²) in [6.07, 6.45) is 5.64. The number of carbonyl (C=O) groups excluding carboxylic acids is 1. The number of imidazole rings is 1. The summed E-state index contributed by atoms with van der Waals surface area (Å²) in [5.41, 5.74) is 4.68. The summed E-state index contributed by atoms with van der Waals surface area (Å²) in [5.74, 6) is 1.65. The molecule has 7 heteroatoms. The van der Waals surface area contributed by atoms with Crippen LogP contribution >= 0.6 is 0 Å². The molecule has 1 aromatic carbocycles. The van der Waals surface area contributed by atoms with Gasteiger partial charge in [0.1, 0.15) is 12.2 Å². The molecule has 5 rings (SSSR count). The average molecular weight is 362 g/mol. The summed E-state index contributed by atoms with van der Waals surface area (Å²) < 4.78 is 12.2. The number of carbonyl (C=O) groups is 1. The van der Waals surface area contributed by atoms with Gasteiger partial charge in [0.15, 0.2) is 0 Å². The van der Waals surface area contributed by atoms with Crippen LogP contribution in [-0.2, 0) is 11.2 Å². The fourth-order valence-electron chi connectivity index (χ4n) is 3.42. The van der Waals surface area contributed by atoms with Crippen LogP contribution in [0.2, 0.25) is 0 Å². The second kappa shape index (κ2) is 6.19. The smallest absolute Gasteiger partial charge is 0.434 e. The standard InChI is InChI=1S/C20H18N4O3/c1-2-26-20(25)27-19-16-9-13-10-21-18(12-7-8-12)23-17(13)14-5-3-4-6-15(14)24(16)11-22-19/h3-6,10-12H,2,7-9H2,1H3. The maximum absolute atomic E-state index is 11.8. The third kappa shape index (κ3) is 2.75. The van der Waals surface area contributed by atoms with E-state index in [9.17, 15) is 4.79 Å². The number of nitrogens with zero attached hydrogens (tertiary/aromatic N) is 4. The zero-order valence-electron chi connectivity index (χ0n) is 14.9. The summed E-state index contributed by atoms with van der Waals surface area (Å²) >= 11 is 0. The second-order valence-corrected chi connectivity index (χ2v) is 6.72. The molecule has 0 spiro atoms. The van der Waals surface area contributed by atoms with E-state index < -0.39 is 6.16 Å². The minimum Gasteiger partial charge on any atom is -0.434 e. The SMILES string of the molecule is CCOC(=O)Oc1ncn2c1Cc1cnc(C3CC3)nc1-c1ccccc1-2. The average Bonchev–Trinajstić information content (AvgIpc) is 3.47. The molecular weight excluding hydrogens is 344 g/mol. The predicted molar refractivity (Wildman–Crippen MR) is 97.0 cm³/mol. The fraction of sp³-hybridized carbons (Fsp3) is 0.300. The summed E-state index contributed by atoms with van der Waals surface area (Å²) in [4.78, 5) is 25.5. The first-order valence-corrected chi connectivity index (χ1v) is 9.11. The minimum atomic E-state index is -0.753. The van der Waals surface area contributed by atoms with Crippen molar-refractivity contribution in [3.63, 3.8) is 0 Å². The van der Waals surface area contributed by atoms with Crippen molar-refractivity contribution < 1.29 is 14.3 Å². The predicted octanol–water partition coefficient (Wildman–Crippen LogP) is 3.65.